The molecule has 0 radical (unpaired) electrons. The summed E-state index contributed by atoms with van der Waals surface area (Å²) in [5.74, 6) is -0.0193. The van der Waals surface area contributed by atoms with E-state index in [0.29, 0.717) is 26.6 Å². The molecule has 1 unspecified atom stereocenters. The molecule has 0 aromatic heterocycles. The Bertz CT molecular complexity index is 996. The summed E-state index contributed by atoms with van der Waals surface area (Å²) in [6.07, 6.45) is 2.81. The molecule has 0 fully saturated rings. The molecule has 7 heteroatoms. The molecule has 2 aliphatic heterocycles. The summed E-state index contributed by atoms with van der Waals surface area (Å²) in [6.45, 7) is 0. The Morgan fingerprint density at radius 1 is 1.09 bits per heavy atom. The van der Waals surface area contributed by atoms with E-state index in [2.05, 4.69) is 0 Å². The van der Waals surface area contributed by atoms with Gasteiger partial charge in [-0.05, 0) is 6.07 Å². The lowest BCUT2D eigenvalue weighted by atomic mass is 10.1. The van der Waals surface area contributed by atoms with Crippen LogP contribution in [0.5, 0.6) is 0 Å². The second-order valence-electron chi connectivity index (χ2n) is 5.14. The van der Waals surface area contributed by atoms with Gasteiger partial charge >= 0.3 is 5.84 Å². The van der Waals surface area contributed by atoms with Gasteiger partial charge in [-0.1, -0.05) is 12.1 Å². The van der Waals surface area contributed by atoms with Crippen LogP contribution in [0.25, 0.3) is 12.3 Å². The number of para-hydroxylation sites is 2. The first-order valence-corrected chi connectivity index (χ1v) is 6.54. The van der Waals surface area contributed by atoms with E-state index in [-0.39, 0.29) is 11.5 Å². The molecule has 0 spiro atoms. The van der Waals surface area contributed by atoms with Crippen molar-refractivity contribution in [1.82, 2.24) is 4.65 Å². The molecule has 0 aliphatic carbocycles. The van der Waals surface area contributed by atoms with E-state index < -0.39 is 9.57 Å². The van der Waals surface area contributed by atoms with Gasteiger partial charge in [0.15, 0.2) is 0 Å². The standard InChI is InChI=1S/C15H9N3O4/c19-16-13-3-1-2-4-14(13)18(22)9-10-5-6-12(17(20)21)7-11(10)8-15(16)18/h1-9H. The monoisotopic (exact) mass is 295 g/mol. The molecule has 0 saturated heterocycles. The van der Waals surface area contributed by atoms with Gasteiger partial charge in [0.25, 0.3) is 11.4 Å². The van der Waals surface area contributed by atoms with Crippen LogP contribution in [0.15, 0.2) is 42.5 Å². The zero-order valence-electron chi connectivity index (χ0n) is 11.2. The minimum Gasteiger partial charge on any atom is -0.614 e. The number of benzene rings is 2. The molecule has 0 saturated carbocycles. The van der Waals surface area contributed by atoms with Crippen LogP contribution in [0.1, 0.15) is 0 Å². The van der Waals surface area contributed by atoms with Crippen molar-refractivity contribution in [3.8, 4) is 0 Å². The fraction of sp³-hybridized carbons (Fsp3) is 0. The number of hydrogen-bond donors (Lipinski definition) is 0. The maximum Gasteiger partial charge on any atom is 0.391 e. The van der Waals surface area contributed by atoms with Gasteiger partial charge in [-0.15, -0.1) is 4.74 Å². The van der Waals surface area contributed by atoms with Crippen molar-refractivity contribution in [2.24, 2.45) is 0 Å². The highest BCUT2D eigenvalue weighted by molar-refractivity contribution is 6.18. The number of nitro groups is 1. The summed E-state index contributed by atoms with van der Waals surface area (Å²) >= 11 is 0. The third kappa shape index (κ3) is 1.49. The SMILES string of the molecule is O=[N+]([O-])c1ccc2c(c1)=CC1=[N+]([O-])c3ccccc3[N+]1([O-])C=2. The smallest absolute Gasteiger partial charge is 0.391 e. The number of hydroxylamine groups is 2. The predicted molar refractivity (Wildman–Crippen MR) is 81.2 cm³/mol. The number of nitro benzene ring substituents is 1. The van der Waals surface area contributed by atoms with Gasteiger partial charge in [-0.2, -0.15) is 0 Å². The van der Waals surface area contributed by atoms with Crippen LogP contribution < -0.4 is 15.1 Å². The van der Waals surface area contributed by atoms with E-state index in [1.807, 2.05) is 0 Å². The number of amidine groups is 1. The van der Waals surface area contributed by atoms with Crippen molar-refractivity contribution in [3.05, 3.63) is 73.4 Å². The van der Waals surface area contributed by atoms with Crippen LogP contribution in [-0.4, -0.2) is 15.5 Å². The lowest BCUT2D eigenvalue weighted by molar-refractivity contribution is -0.385. The highest BCUT2D eigenvalue weighted by atomic mass is 16.6. The molecule has 2 aromatic rings. The number of hydrogen-bond acceptors (Lipinski definition) is 4. The molecule has 0 amide bonds. The maximum atomic E-state index is 13.1. The highest BCUT2D eigenvalue weighted by Crippen LogP contribution is 2.40. The first-order valence-electron chi connectivity index (χ1n) is 6.54. The molecule has 0 N–H and O–H groups in total. The molecule has 2 aromatic carbocycles. The Morgan fingerprint density at radius 2 is 1.86 bits per heavy atom. The molecule has 108 valence electrons. The fourth-order valence-corrected chi connectivity index (χ4v) is 2.84. The quantitative estimate of drug-likeness (QED) is 0.260. The predicted octanol–water partition coefficient (Wildman–Crippen LogP) is 1.19. The summed E-state index contributed by atoms with van der Waals surface area (Å²) in [5.41, 5.74) is 0.554. The van der Waals surface area contributed by atoms with E-state index in [1.54, 1.807) is 24.3 Å². The second kappa shape index (κ2) is 4.00. The Morgan fingerprint density at radius 3 is 2.64 bits per heavy atom. The summed E-state index contributed by atoms with van der Waals surface area (Å²) < 4.78 is -0.398. The largest absolute Gasteiger partial charge is 0.614 e. The molecular formula is C15H9N3O4. The van der Waals surface area contributed by atoms with E-state index in [9.17, 15) is 20.5 Å². The molecule has 2 heterocycles. The minimum atomic E-state index is -0.982. The van der Waals surface area contributed by atoms with E-state index in [0.717, 1.165) is 0 Å². The van der Waals surface area contributed by atoms with Gasteiger partial charge in [0.1, 0.15) is 6.20 Å². The van der Waals surface area contributed by atoms with Gasteiger partial charge in [0.2, 0.25) is 5.69 Å². The Labute approximate surface area is 123 Å². The van der Waals surface area contributed by atoms with Crippen LogP contribution in [0, 0.1) is 20.5 Å². The first-order chi connectivity index (χ1) is 10.5. The molecule has 2 aliphatic rings. The highest BCUT2D eigenvalue weighted by Gasteiger charge is 2.44. The van der Waals surface area contributed by atoms with Crippen molar-refractivity contribution in [2.45, 2.75) is 0 Å². The number of fused-ring (bicyclic) bond motifs is 4. The maximum absolute atomic E-state index is 13.1. The van der Waals surface area contributed by atoms with Gasteiger partial charge < -0.3 is 10.4 Å². The number of rotatable bonds is 1. The summed E-state index contributed by atoms with van der Waals surface area (Å²) in [4.78, 5) is 10.3. The average molecular weight is 295 g/mol. The fourth-order valence-electron chi connectivity index (χ4n) is 2.84. The lowest BCUT2D eigenvalue weighted by Crippen LogP contribution is -2.49. The zero-order chi connectivity index (χ0) is 15.5. The van der Waals surface area contributed by atoms with E-state index >= 15 is 0 Å². The van der Waals surface area contributed by atoms with Crippen molar-refractivity contribution in [3.63, 3.8) is 0 Å². The van der Waals surface area contributed by atoms with Crippen molar-refractivity contribution in [2.75, 3.05) is 0 Å². The molecular weight excluding hydrogens is 286 g/mol. The van der Waals surface area contributed by atoms with Gasteiger partial charge in [-0.3, -0.25) is 10.1 Å². The molecule has 22 heavy (non-hydrogen) atoms. The topological polar surface area (TPSA) is 92.3 Å². The Kier molecular flexibility index (Phi) is 2.31. The zero-order valence-corrected chi connectivity index (χ0v) is 11.2. The van der Waals surface area contributed by atoms with Gasteiger partial charge in [-0.25, -0.2) is 4.65 Å². The van der Waals surface area contributed by atoms with Crippen molar-refractivity contribution in [1.29, 1.82) is 0 Å². The molecule has 0 bridgehead atoms. The second-order valence-corrected chi connectivity index (χ2v) is 5.14. The average Bonchev–Trinajstić information content (AvgIpc) is 2.73. The number of nitrogens with zero attached hydrogens (tertiary/aromatic N) is 3. The van der Waals surface area contributed by atoms with Gasteiger partial charge in [0.05, 0.1) is 11.0 Å². The molecule has 1 atom stereocenters. The number of non-ortho nitro benzene ring substituents is 1. The van der Waals surface area contributed by atoms with E-state index in [1.165, 1.54) is 30.5 Å². The summed E-state index contributed by atoms with van der Waals surface area (Å²) in [7, 11) is 0. The van der Waals surface area contributed by atoms with Gasteiger partial charge in [0, 0.05) is 34.7 Å². The lowest BCUT2D eigenvalue weighted by Gasteiger charge is -2.30. The molecule has 7 nitrogen and oxygen atoms in total. The van der Waals surface area contributed by atoms with Crippen molar-refractivity contribution < 1.29 is 9.66 Å². The first kappa shape index (κ1) is 12.7. The van der Waals surface area contributed by atoms with Crippen LogP contribution in [-0.2, 0) is 0 Å². The Hall–Kier alpha value is -3.03. The third-order valence-corrected chi connectivity index (χ3v) is 3.89. The normalized spacial score (nSPS) is 21.3. The van der Waals surface area contributed by atoms with Crippen LogP contribution in [0.2, 0.25) is 0 Å². The third-order valence-electron chi connectivity index (χ3n) is 3.89. The summed E-state index contributed by atoms with van der Waals surface area (Å²) in [6, 6.07) is 10.8. The van der Waals surface area contributed by atoms with E-state index in [4.69, 9.17) is 0 Å². The Balaban J connectivity index is 2.07. The van der Waals surface area contributed by atoms with Crippen molar-refractivity contribution >= 4 is 35.2 Å². The molecule has 4 rings (SSSR count). The van der Waals surface area contributed by atoms with Crippen LogP contribution >= 0.6 is 0 Å². The number of quaternary nitrogens is 1. The van der Waals surface area contributed by atoms with Crippen LogP contribution in [0.3, 0.4) is 0 Å². The minimum absolute atomic E-state index is 0.0193. The van der Waals surface area contributed by atoms with Crippen LogP contribution in [0.4, 0.5) is 17.1 Å². The summed E-state index contributed by atoms with van der Waals surface area (Å²) in [5, 5.41) is 37.4.